The van der Waals surface area contributed by atoms with Crippen molar-refractivity contribution < 1.29 is 14.4 Å². The molecule has 0 saturated heterocycles. The first-order chi connectivity index (χ1) is 8.56. The topological polar surface area (TPSA) is 55.5 Å². The molecular formula is C14H17NO3. The molecule has 0 saturated carbocycles. The Morgan fingerprint density at radius 3 is 2.72 bits per heavy atom. The first-order valence-electron chi connectivity index (χ1n) is 5.90. The lowest BCUT2D eigenvalue weighted by molar-refractivity contribution is 0.189. The smallest absolute Gasteiger partial charge is 0.134 e. The Balaban J connectivity index is 2.15. The van der Waals surface area contributed by atoms with Crippen molar-refractivity contribution in [1.82, 2.24) is 5.16 Å². The predicted molar refractivity (Wildman–Crippen MR) is 67.4 cm³/mol. The number of ether oxygens (including phenoxy) is 1. The number of benzene rings is 1. The van der Waals surface area contributed by atoms with Gasteiger partial charge in [-0.05, 0) is 32.4 Å². The Bertz CT molecular complexity index is 532. The molecule has 0 spiro atoms. The molecule has 1 aromatic heterocycles. The van der Waals surface area contributed by atoms with Crippen LogP contribution in [0.25, 0.3) is 0 Å². The molecule has 0 amide bonds. The maximum absolute atomic E-state index is 9.68. The van der Waals surface area contributed by atoms with Crippen LogP contribution < -0.4 is 4.74 Å². The fraction of sp³-hybridized carbons (Fsp3) is 0.357. The molecule has 0 fully saturated rings. The molecule has 0 aliphatic heterocycles. The highest BCUT2D eigenvalue weighted by atomic mass is 16.5. The minimum atomic E-state index is -0.556. The summed E-state index contributed by atoms with van der Waals surface area (Å²) >= 11 is 0. The van der Waals surface area contributed by atoms with E-state index in [0.717, 1.165) is 22.6 Å². The Hall–Kier alpha value is -1.81. The standard InChI is InChI=1S/C14H17NO3/c1-9-4-5-13(11(3)16)14(6-9)17-8-12-7-10(2)18-15-12/h4-7,11,16H,8H2,1-3H3/t11-/m1/s1. The van der Waals surface area contributed by atoms with Gasteiger partial charge in [0.1, 0.15) is 23.8 Å². The average molecular weight is 247 g/mol. The van der Waals surface area contributed by atoms with E-state index in [-0.39, 0.29) is 0 Å². The van der Waals surface area contributed by atoms with Crippen LogP contribution in [0.4, 0.5) is 0 Å². The highest BCUT2D eigenvalue weighted by Crippen LogP contribution is 2.26. The highest BCUT2D eigenvalue weighted by molar-refractivity contribution is 5.38. The van der Waals surface area contributed by atoms with Crippen molar-refractivity contribution in [1.29, 1.82) is 0 Å². The number of aliphatic hydroxyl groups is 1. The van der Waals surface area contributed by atoms with Gasteiger partial charge in [0.05, 0.1) is 6.10 Å². The Labute approximate surface area is 106 Å². The van der Waals surface area contributed by atoms with Crippen molar-refractivity contribution >= 4 is 0 Å². The number of aromatic nitrogens is 1. The number of rotatable bonds is 4. The summed E-state index contributed by atoms with van der Waals surface area (Å²) in [4.78, 5) is 0. The molecule has 1 N–H and O–H groups in total. The molecular weight excluding hydrogens is 230 g/mol. The lowest BCUT2D eigenvalue weighted by Crippen LogP contribution is -2.01. The lowest BCUT2D eigenvalue weighted by atomic mass is 10.1. The van der Waals surface area contributed by atoms with Crippen LogP contribution in [0.5, 0.6) is 5.75 Å². The molecule has 96 valence electrons. The zero-order valence-corrected chi connectivity index (χ0v) is 10.8. The van der Waals surface area contributed by atoms with E-state index in [2.05, 4.69) is 5.16 Å². The SMILES string of the molecule is Cc1ccc([C@@H](C)O)c(OCc2cc(C)on2)c1. The van der Waals surface area contributed by atoms with E-state index in [4.69, 9.17) is 9.26 Å². The second kappa shape index (κ2) is 5.23. The summed E-state index contributed by atoms with van der Waals surface area (Å²) in [6.07, 6.45) is -0.556. The van der Waals surface area contributed by atoms with Crippen molar-refractivity contribution in [3.63, 3.8) is 0 Å². The summed E-state index contributed by atoms with van der Waals surface area (Å²) in [5, 5.41) is 13.5. The fourth-order valence-electron chi connectivity index (χ4n) is 1.75. The third kappa shape index (κ3) is 2.90. The Morgan fingerprint density at radius 2 is 2.11 bits per heavy atom. The van der Waals surface area contributed by atoms with Gasteiger partial charge in [0, 0.05) is 11.6 Å². The second-order valence-electron chi connectivity index (χ2n) is 4.43. The summed E-state index contributed by atoms with van der Waals surface area (Å²) in [6.45, 7) is 5.88. The van der Waals surface area contributed by atoms with Crippen molar-refractivity contribution in [3.8, 4) is 5.75 Å². The van der Waals surface area contributed by atoms with E-state index >= 15 is 0 Å². The van der Waals surface area contributed by atoms with Crippen LogP contribution in [0.2, 0.25) is 0 Å². The zero-order valence-electron chi connectivity index (χ0n) is 10.8. The molecule has 0 unspecified atom stereocenters. The molecule has 0 radical (unpaired) electrons. The molecule has 4 heteroatoms. The lowest BCUT2D eigenvalue weighted by Gasteiger charge is -2.13. The highest BCUT2D eigenvalue weighted by Gasteiger charge is 2.10. The third-order valence-electron chi connectivity index (χ3n) is 2.67. The van der Waals surface area contributed by atoms with Gasteiger partial charge in [-0.15, -0.1) is 0 Å². The Morgan fingerprint density at radius 1 is 1.33 bits per heavy atom. The summed E-state index contributed by atoms with van der Waals surface area (Å²) in [6, 6.07) is 7.57. The summed E-state index contributed by atoms with van der Waals surface area (Å²) in [5.41, 5.74) is 2.61. The molecule has 0 aliphatic rings. The van der Waals surface area contributed by atoms with Crippen molar-refractivity contribution in [2.45, 2.75) is 33.5 Å². The maximum atomic E-state index is 9.68. The van der Waals surface area contributed by atoms with E-state index in [9.17, 15) is 5.11 Å². The maximum Gasteiger partial charge on any atom is 0.134 e. The van der Waals surface area contributed by atoms with Crippen LogP contribution in [0.15, 0.2) is 28.8 Å². The second-order valence-corrected chi connectivity index (χ2v) is 4.43. The van der Waals surface area contributed by atoms with Crippen LogP contribution in [-0.2, 0) is 6.61 Å². The van der Waals surface area contributed by atoms with E-state index in [1.54, 1.807) is 6.92 Å². The van der Waals surface area contributed by atoms with Crippen LogP contribution in [-0.4, -0.2) is 10.3 Å². The quantitative estimate of drug-likeness (QED) is 0.902. The van der Waals surface area contributed by atoms with Crippen LogP contribution in [0, 0.1) is 13.8 Å². The summed E-state index contributed by atoms with van der Waals surface area (Å²) in [5.74, 6) is 1.44. The van der Waals surface area contributed by atoms with Crippen LogP contribution in [0.1, 0.15) is 35.6 Å². The summed E-state index contributed by atoms with van der Waals surface area (Å²) < 4.78 is 10.7. The average Bonchev–Trinajstić information content (AvgIpc) is 2.72. The number of aliphatic hydroxyl groups excluding tert-OH is 1. The number of aryl methyl sites for hydroxylation is 2. The molecule has 4 nitrogen and oxygen atoms in total. The van der Waals surface area contributed by atoms with Gasteiger partial charge in [0.2, 0.25) is 0 Å². The minimum Gasteiger partial charge on any atom is -0.487 e. The van der Waals surface area contributed by atoms with Gasteiger partial charge in [-0.2, -0.15) is 0 Å². The minimum absolute atomic E-state index is 0.334. The van der Waals surface area contributed by atoms with Gasteiger partial charge in [-0.1, -0.05) is 17.3 Å². The van der Waals surface area contributed by atoms with Gasteiger partial charge in [-0.3, -0.25) is 0 Å². The number of hydrogen-bond acceptors (Lipinski definition) is 4. The van der Waals surface area contributed by atoms with Crippen molar-refractivity contribution in [2.75, 3.05) is 0 Å². The zero-order chi connectivity index (χ0) is 13.1. The first kappa shape index (κ1) is 12.6. The molecule has 2 aromatic rings. The van der Waals surface area contributed by atoms with E-state index in [1.165, 1.54) is 0 Å². The van der Waals surface area contributed by atoms with Crippen LogP contribution >= 0.6 is 0 Å². The van der Waals surface area contributed by atoms with E-state index in [0.29, 0.717) is 12.4 Å². The molecule has 0 bridgehead atoms. The van der Waals surface area contributed by atoms with E-state index in [1.807, 2.05) is 38.1 Å². The Kier molecular flexibility index (Phi) is 3.67. The van der Waals surface area contributed by atoms with Crippen molar-refractivity contribution in [2.24, 2.45) is 0 Å². The first-order valence-corrected chi connectivity index (χ1v) is 5.90. The molecule has 1 aromatic carbocycles. The van der Waals surface area contributed by atoms with Crippen molar-refractivity contribution in [3.05, 3.63) is 46.8 Å². The molecule has 18 heavy (non-hydrogen) atoms. The number of nitrogens with zero attached hydrogens (tertiary/aromatic N) is 1. The molecule has 1 heterocycles. The normalized spacial score (nSPS) is 12.4. The summed E-state index contributed by atoms with van der Waals surface area (Å²) in [7, 11) is 0. The van der Waals surface area contributed by atoms with Gasteiger partial charge in [0.15, 0.2) is 0 Å². The molecule has 0 aliphatic carbocycles. The van der Waals surface area contributed by atoms with Gasteiger partial charge in [-0.25, -0.2) is 0 Å². The monoisotopic (exact) mass is 247 g/mol. The molecule has 2 rings (SSSR count). The largest absolute Gasteiger partial charge is 0.487 e. The third-order valence-corrected chi connectivity index (χ3v) is 2.67. The molecule has 1 atom stereocenters. The van der Waals surface area contributed by atoms with Gasteiger partial charge >= 0.3 is 0 Å². The van der Waals surface area contributed by atoms with Gasteiger partial charge in [0.25, 0.3) is 0 Å². The fourth-order valence-corrected chi connectivity index (χ4v) is 1.75. The van der Waals surface area contributed by atoms with E-state index < -0.39 is 6.10 Å². The van der Waals surface area contributed by atoms with Gasteiger partial charge < -0.3 is 14.4 Å². The van der Waals surface area contributed by atoms with Crippen LogP contribution in [0.3, 0.4) is 0 Å². The predicted octanol–water partition coefficient (Wildman–Crippen LogP) is 2.92. The number of hydrogen-bond donors (Lipinski definition) is 1.